The minimum Gasteiger partial charge on any atom is -0.368 e. The van der Waals surface area contributed by atoms with E-state index in [0.29, 0.717) is 19.7 Å². The second-order valence-corrected chi connectivity index (χ2v) is 10.6. The third-order valence-electron chi connectivity index (χ3n) is 6.63. The molecule has 2 aliphatic rings. The molecule has 1 saturated heterocycles. The van der Waals surface area contributed by atoms with E-state index in [1.807, 2.05) is 11.0 Å². The van der Waals surface area contributed by atoms with E-state index in [1.165, 1.54) is 22.9 Å². The van der Waals surface area contributed by atoms with E-state index in [4.69, 9.17) is 4.74 Å². The van der Waals surface area contributed by atoms with Crippen molar-refractivity contribution in [2.75, 3.05) is 26.0 Å². The smallest absolute Gasteiger partial charge is 0.226 e. The third-order valence-corrected chi connectivity index (χ3v) is 7.76. The summed E-state index contributed by atoms with van der Waals surface area (Å²) in [4.78, 5) is 18.6. The van der Waals surface area contributed by atoms with Crippen molar-refractivity contribution >= 4 is 26.6 Å². The lowest BCUT2D eigenvalue weighted by Gasteiger charge is -2.43. The molecule has 0 atom stereocenters. The second-order valence-electron chi connectivity index (χ2n) is 8.59. The fourth-order valence-corrected chi connectivity index (χ4v) is 5.55. The summed E-state index contributed by atoms with van der Waals surface area (Å²) in [5, 5.41) is 1.27. The minimum atomic E-state index is -3.23. The van der Waals surface area contributed by atoms with Crippen LogP contribution in [0.5, 0.6) is 0 Å². The van der Waals surface area contributed by atoms with Crippen molar-refractivity contribution in [2.24, 2.45) is 0 Å². The van der Waals surface area contributed by atoms with Crippen LogP contribution >= 0.6 is 0 Å². The Bertz CT molecular complexity index is 1240. The Morgan fingerprint density at radius 2 is 1.81 bits per heavy atom. The summed E-state index contributed by atoms with van der Waals surface area (Å²) in [6.45, 7) is 2.00. The number of carbonyl (C=O) groups excluding carboxylic acids is 1. The molecule has 1 aromatic heterocycles. The predicted octanol–water partition coefficient (Wildman–Crippen LogP) is 3.20. The molecule has 1 fully saturated rings. The number of piperidine rings is 1. The first-order chi connectivity index (χ1) is 14.9. The fraction of sp³-hybridized carbons (Fsp3) is 0.375. The highest BCUT2D eigenvalue weighted by Crippen LogP contribution is 2.43. The first-order valence-electron chi connectivity index (χ1n) is 10.7. The fourth-order valence-electron chi connectivity index (χ4n) is 4.92. The first kappa shape index (κ1) is 20.3. The summed E-state index contributed by atoms with van der Waals surface area (Å²) in [5.41, 5.74) is 4.16. The van der Waals surface area contributed by atoms with Gasteiger partial charge in [0.05, 0.1) is 23.6 Å². The number of para-hydroxylation sites is 1. The van der Waals surface area contributed by atoms with E-state index in [0.717, 1.165) is 30.3 Å². The van der Waals surface area contributed by atoms with Gasteiger partial charge in [-0.15, -0.1) is 0 Å². The number of aromatic amines is 1. The zero-order valence-electron chi connectivity index (χ0n) is 17.6. The number of ether oxygens (including phenoxy) is 1. The second kappa shape index (κ2) is 7.50. The summed E-state index contributed by atoms with van der Waals surface area (Å²) >= 11 is 0. The number of hydrogen-bond donors (Lipinski definition) is 1. The Morgan fingerprint density at radius 3 is 2.52 bits per heavy atom. The molecule has 7 heteroatoms. The molecule has 0 unspecified atom stereocenters. The number of carbonyl (C=O) groups is 1. The van der Waals surface area contributed by atoms with Crippen LogP contribution in [-0.4, -0.2) is 50.2 Å². The largest absolute Gasteiger partial charge is 0.368 e. The van der Waals surface area contributed by atoms with Crippen molar-refractivity contribution in [2.45, 2.75) is 36.2 Å². The minimum absolute atomic E-state index is 0.0645. The molecular weight excluding hydrogens is 412 g/mol. The number of likely N-dealkylation sites (tertiary alicyclic amines) is 1. The number of aromatic nitrogens is 1. The maximum Gasteiger partial charge on any atom is 0.226 e. The quantitative estimate of drug-likeness (QED) is 0.681. The third kappa shape index (κ3) is 3.66. The van der Waals surface area contributed by atoms with Gasteiger partial charge in [-0.2, -0.15) is 0 Å². The molecule has 3 heterocycles. The van der Waals surface area contributed by atoms with Gasteiger partial charge < -0.3 is 14.6 Å². The number of fused-ring (bicyclic) bond motifs is 4. The molecule has 1 amide bonds. The number of H-pyrrole nitrogens is 1. The molecule has 1 N–H and O–H groups in total. The van der Waals surface area contributed by atoms with E-state index in [2.05, 4.69) is 23.2 Å². The van der Waals surface area contributed by atoms with Gasteiger partial charge in [-0.3, -0.25) is 4.79 Å². The topological polar surface area (TPSA) is 79.5 Å². The molecule has 0 aliphatic carbocycles. The van der Waals surface area contributed by atoms with E-state index >= 15 is 0 Å². The highest BCUT2D eigenvalue weighted by molar-refractivity contribution is 7.90. The summed E-state index contributed by atoms with van der Waals surface area (Å²) in [7, 11) is -3.23. The molecule has 0 saturated carbocycles. The van der Waals surface area contributed by atoms with Crippen LogP contribution in [0.25, 0.3) is 10.9 Å². The monoisotopic (exact) mass is 438 g/mol. The van der Waals surface area contributed by atoms with Crippen LogP contribution < -0.4 is 0 Å². The van der Waals surface area contributed by atoms with Gasteiger partial charge >= 0.3 is 0 Å². The molecule has 31 heavy (non-hydrogen) atoms. The van der Waals surface area contributed by atoms with Gasteiger partial charge in [0.2, 0.25) is 5.91 Å². The summed E-state index contributed by atoms with van der Waals surface area (Å²) in [6.07, 6.45) is 3.91. The van der Waals surface area contributed by atoms with Gasteiger partial charge in [0.1, 0.15) is 5.60 Å². The van der Waals surface area contributed by atoms with Crippen molar-refractivity contribution < 1.29 is 17.9 Å². The lowest BCUT2D eigenvalue weighted by molar-refractivity contribution is -0.140. The van der Waals surface area contributed by atoms with Gasteiger partial charge in [0.25, 0.3) is 0 Å². The maximum atomic E-state index is 12.9. The van der Waals surface area contributed by atoms with Crippen LogP contribution in [0.4, 0.5) is 0 Å². The Hall–Kier alpha value is -2.64. The van der Waals surface area contributed by atoms with Crippen LogP contribution in [0.15, 0.2) is 53.4 Å². The number of rotatable bonds is 3. The van der Waals surface area contributed by atoms with E-state index < -0.39 is 9.84 Å². The molecule has 162 valence electrons. The van der Waals surface area contributed by atoms with Crippen molar-refractivity contribution in [3.63, 3.8) is 0 Å². The van der Waals surface area contributed by atoms with Crippen LogP contribution in [0.1, 0.15) is 29.7 Å². The van der Waals surface area contributed by atoms with E-state index in [-0.39, 0.29) is 22.8 Å². The number of amides is 1. The van der Waals surface area contributed by atoms with Gasteiger partial charge in [-0.05, 0) is 48.6 Å². The van der Waals surface area contributed by atoms with E-state index in [1.54, 1.807) is 24.3 Å². The van der Waals surface area contributed by atoms with Crippen LogP contribution in [0, 0.1) is 0 Å². The van der Waals surface area contributed by atoms with Crippen LogP contribution in [0.3, 0.4) is 0 Å². The van der Waals surface area contributed by atoms with Crippen molar-refractivity contribution in [1.29, 1.82) is 0 Å². The number of nitrogens with zero attached hydrogens (tertiary/aromatic N) is 1. The van der Waals surface area contributed by atoms with Crippen molar-refractivity contribution in [1.82, 2.24) is 9.88 Å². The lowest BCUT2D eigenvalue weighted by Crippen LogP contribution is -2.48. The Morgan fingerprint density at radius 1 is 1.10 bits per heavy atom. The number of nitrogens with one attached hydrogen (secondary N) is 1. The zero-order valence-corrected chi connectivity index (χ0v) is 18.4. The van der Waals surface area contributed by atoms with Crippen molar-refractivity contribution in [3.8, 4) is 0 Å². The molecule has 0 bridgehead atoms. The molecule has 2 aliphatic heterocycles. The summed E-state index contributed by atoms with van der Waals surface area (Å²) in [5.74, 6) is 0.0645. The van der Waals surface area contributed by atoms with Crippen LogP contribution in [-0.2, 0) is 37.8 Å². The molecule has 6 nitrogen and oxygen atoms in total. The van der Waals surface area contributed by atoms with E-state index in [9.17, 15) is 13.2 Å². The maximum absolute atomic E-state index is 12.9. The zero-order chi connectivity index (χ0) is 21.6. The standard InChI is InChI=1S/C24H26N2O4S/c1-31(28,29)18-8-6-17(7-9-18)16-22(27)26-13-11-24(12-14-26)23-20(10-15-30-24)19-4-2-3-5-21(19)25-23/h2-9,25H,10-16H2,1H3. The predicted molar refractivity (Wildman–Crippen MR) is 119 cm³/mol. The Balaban J connectivity index is 1.29. The van der Waals surface area contributed by atoms with Gasteiger partial charge in [-0.25, -0.2) is 8.42 Å². The molecule has 5 rings (SSSR count). The molecular formula is C24H26N2O4S. The SMILES string of the molecule is CS(=O)(=O)c1ccc(CC(=O)N2CCC3(CC2)OCCc2c3[nH]c3ccccc23)cc1. The van der Waals surface area contributed by atoms with Crippen molar-refractivity contribution in [3.05, 3.63) is 65.4 Å². The average Bonchev–Trinajstić information content (AvgIpc) is 3.15. The van der Waals surface area contributed by atoms with Crippen LogP contribution in [0.2, 0.25) is 0 Å². The molecule has 3 aromatic rings. The highest BCUT2D eigenvalue weighted by Gasteiger charge is 2.43. The Labute approximate surface area is 182 Å². The average molecular weight is 439 g/mol. The number of benzene rings is 2. The highest BCUT2D eigenvalue weighted by atomic mass is 32.2. The van der Waals surface area contributed by atoms with Gasteiger partial charge in [0, 0.05) is 30.2 Å². The number of sulfone groups is 1. The van der Waals surface area contributed by atoms with Gasteiger partial charge in [-0.1, -0.05) is 30.3 Å². The van der Waals surface area contributed by atoms with Gasteiger partial charge in [0.15, 0.2) is 9.84 Å². The number of hydrogen-bond acceptors (Lipinski definition) is 4. The lowest BCUT2D eigenvalue weighted by atomic mass is 9.83. The molecule has 2 aromatic carbocycles. The molecule has 0 radical (unpaired) electrons. The summed E-state index contributed by atoms with van der Waals surface area (Å²) in [6, 6.07) is 15.0. The Kier molecular flexibility index (Phi) is 4.90. The molecule has 1 spiro atoms. The summed E-state index contributed by atoms with van der Waals surface area (Å²) < 4.78 is 29.6. The first-order valence-corrected chi connectivity index (χ1v) is 12.6. The normalized spacial score (nSPS) is 18.3.